The summed E-state index contributed by atoms with van der Waals surface area (Å²) in [5.41, 5.74) is 3.69. The Balaban J connectivity index is 1.67. The van der Waals surface area contributed by atoms with Crippen molar-refractivity contribution in [1.29, 1.82) is 0 Å². The maximum atomic E-state index is 12.5. The van der Waals surface area contributed by atoms with Crippen LogP contribution in [0.2, 0.25) is 0 Å². The molecule has 1 atom stereocenters. The lowest BCUT2D eigenvalue weighted by Crippen LogP contribution is -2.48. The molecule has 0 heterocycles. The van der Waals surface area contributed by atoms with E-state index in [4.69, 9.17) is 9.47 Å². The highest BCUT2D eigenvalue weighted by molar-refractivity contribution is 5.79. The van der Waals surface area contributed by atoms with E-state index in [2.05, 4.69) is 29.6 Å². The van der Waals surface area contributed by atoms with Crippen molar-refractivity contribution in [3.05, 3.63) is 59.7 Å². The van der Waals surface area contributed by atoms with Gasteiger partial charge in [0.15, 0.2) is 0 Å². The lowest BCUT2D eigenvalue weighted by Gasteiger charge is -2.29. The number of rotatable bonds is 9. The number of alkyl carbamates (subject to hydrolysis) is 1. The number of methoxy groups -OCH3 is 1. The van der Waals surface area contributed by atoms with E-state index in [0.29, 0.717) is 19.4 Å². The molecule has 2 N–H and O–H groups in total. The van der Waals surface area contributed by atoms with Crippen molar-refractivity contribution in [2.24, 2.45) is 0 Å². The lowest BCUT2D eigenvalue weighted by molar-refractivity contribution is -0.138. The van der Waals surface area contributed by atoms with Crippen molar-refractivity contribution in [2.45, 2.75) is 37.6 Å². The molecular weight excluding hydrogens is 370 g/mol. The van der Waals surface area contributed by atoms with Crippen LogP contribution >= 0.6 is 0 Å². The number of hydrogen-bond acceptors (Lipinski definition) is 4. The van der Waals surface area contributed by atoms with Gasteiger partial charge in [-0.2, -0.15) is 0 Å². The minimum absolute atomic E-state index is 0.0348. The van der Waals surface area contributed by atoms with Crippen LogP contribution in [-0.4, -0.2) is 43.0 Å². The summed E-state index contributed by atoms with van der Waals surface area (Å²) in [5.74, 6) is -1.00. The molecule has 154 valence electrons. The molecule has 0 radical (unpaired) electrons. The number of benzene rings is 2. The molecule has 2 aromatic carbocycles. The Morgan fingerprint density at radius 1 is 1.07 bits per heavy atom. The van der Waals surface area contributed by atoms with E-state index in [1.165, 1.54) is 0 Å². The highest BCUT2D eigenvalue weighted by Gasteiger charge is 2.32. The van der Waals surface area contributed by atoms with Crippen molar-refractivity contribution in [1.82, 2.24) is 5.32 Å². The largest absolute Gasteiger partial charge is 0.481 e. The minimum Gasteiger partial charge on any atom is -0.481 e. The van der Waals surface area contributed by atoms with Crippen LogP contribution in [0.3, 0.4) is 0 Å². The second-order valence-electron chi connectivity index (χ2n) is 7.68. The number of carbonyl (C=O) groups is 2. The standard InChI is InChI=1S/C23H27NO5/c1-23(14-21(25)26,12-7-13-28-2)24-22(27)29-15-20-18-10-5-3-8-16(18)17-9-4-6-11-19(17)20/h3-6,8-11,20H,7,12-15H2,1-2H3,(H,24,27)(H,25,26). The van der Waals surface area contributed by atoms with Crippen molar-refractivity contribution in [3.8, 4) is 11.1 Å². The summed E-state index contributed by atoms with van der Waals surface area (Å²) in [6, 6.07) is 16.2. The first-order valence-electron chi connectivity index (χ1n) is 9.77. The van der Waals surface area contributed by atoms with E-state index < -0.39 is 17.6 Å². The zero-order valence-corrected chi connectivity index (χ0v) is 16.8. The fraction of sp³-hybridized carbons (Fsp3) is 0.391. The van der Waals surface area contributed by atoms with Gasteiger partial charge in [0, 0.05) is 19.6 Å². The number of fused-ring (bicyclic) bond motifs is 3. The van der Waals surface area contributed by atoms with Crippen LogP contribution in [0.15, 0.2) is 48.5 Å². The Labute approximate surface area is 170 Å². The van der Waals surface area contributed by atoms with Crippen molar-refractivity contribution < 1.29 is 24.2 Å². The molecule has 1 aliphatic carbocycles. The van der Waals surface area contributed by atoms with E-state index in [9.17, 15) is 14.7 Å². The maximum absolute atomic E-state index is 12.5. The summed E-state index contributed by atoms with van der Waals surface area (Å²) in [7, 11) is 1.59. The Morgan fingerprint density at radius 2 is 1.66 bits per heavy atom. The van der Waals surface area contributed by atoms with Gasteiger partial charge in [0.1, 0.15) is 6.61 Å². The monoisotopic (exact) mass is 397 g/mol. The third-order valence-corrected chi connectivity index (χ3v) is 5.37. The zero-order valence-electron chi connectivity index (χ0n) is 16.8. The summed E-state index contributed by atoms with van der Waals surface area (Å²) in [6.07, 6.45) is 0.343. The third kappa shape index (κ3) is 4.95. The van der Waals surface area contributed by atoms with Crippen LogP contribution in [-0.2, 0) is 14.3 Å². The Bertz CT molecular complexity index is 836. The molecule has 29 heavy (non-hydrogen) atoms. The second-order valence-corrected chi connectivity index (χ2v) is 7.68. The van der Waals surface area contributed by atoms with Gasteiger partial charge < -0.3 is 19.9 Å². The highest BCUT2D eigenvalue weighted by atomic mass is 16.5. The average molecular weight is 397 g/mol. The molecule has 3 rings (SSSR count). The van der Waals surface area contributed by atoms with Gasteiger partial charge >= 0.3 is 12.1 Å². The molecule has 0 spiro atoms. The average Bonchev–Trinajstić information content (AvgIpc) is 3.00. The quantitative estimate of drug-likeness (QED) is 0.620. The molecule has 0 saturated heterocycles. The first-order chi connectivity index (χ1) is 13.9. The SMILES string of the molecule is COCCCC(C)(CC(=O)O)NC(=O)OCC1c2ccccc2-c2ccccc21. The summed E-state index contributed by atoms with van der Waals surface area (Å²) in [6.45, 7) is 2.42. The second kappa shape index (κ2) is 9.09. The van der Waals surface area contributed by atoms with Crippen LogP contribution in [0, 0.1) is 0 Å². The molecule has 0 aromatic heterocycles. The molecule has 0 fully saturated rings. The van der Waals surface area contributed by atoms with Crippen LogP contribution in [0.1, 0.15) is 43.2 Å². The first-order valence-corrected chi connectivity index (χ1v) is 9.77. The predicted molar refractivity (Wildman–Crippen MR) is 110 cm³/mol. The zero-order chi connectivity index (χ0) is 20.9. The molecule has 2 aromatic rings. The number of carboxylic acid groups (broad SMARTS) is 1. The molecule has 6 heteroatoms. The van der Waals surface area contributed by atoms with Crippen molar-refractivity contribution in [3.63, 3.8) is 0 Å². The number of carbonyl (C=O) groups excluding carboxylic acids is 1. The van der Waals surface area contributed by atoms with Gasteiger partial charge in [-0.3, -0.25) is 4.79 Å². The number of nitrogens with one attached hydrogen (secondary N) is 1. The van der Waals surface area contributed by atoms with Crippen LogP contribution in [0.25, 0.3) is 11.1 Å². The maximum Gasteiger partial charge on any atom is 0.407 e. The number of amides is 1. The van der Waals surface area contributed by atoms with E-state index in [1.54, 1.807) is 14.0 Å². The van der Waals surface area contributed by atoms with Gasteiger partial charge in [-0.1, -0.05) is 48.5 Å². The summed E-state index contributed by atoms with van der Waals surface area (Å²) in [5, 5.41) is 12.0. The van der Waals surface area contributed by atoms with Gasteiger partial charge in [-0.15, -0.1) is 0 Å². The van der Waals surface area contributed by atoms with Crippen LogP contribution in [0.4, 0.5) is 4.79 Å². The molecule has 0 aliphatic heterocycles. The minimum atomic E-state index is -0.969. The fourth-order valence-corrected chi connectivity index (χ4v) is 4.02. The number of ether oxygens (including phenoxy) is 2. The topological polar surface area (TPSA) is 84.9 Å². The summed E-state index contributed by atoms with van der Waals surface area (Å²) < 4.78 is 10.6. The number of hydrogen-bond donors (Lipinski definition) is 2. The third-order valence-electron chi connectivity index (χ3n) is 5.37. The molecule has 1 aliphatic rings. The first kappa shape index (κ1) is 20.9. The van der Waals surface area contributed by atoms with E-state index in [1.807, 2.05) is 24.3 Å². The predicted octanol–water partition coefficient (Wildman–Crippen LogP) is 4.19. The number of aliphatic carboxylic acids is 1. The van der Waals surface area contributed by atoms with E-state index in [0.717, 1.165) is 22.3 Å². The molecule has 1 unspecified atom stereocenters. The smallest absolute Gasteiger partial charge is 0.407 e. The summed E-state index contributed by atoms with van der Waals surface area (Å²) >= 11 is 0. The summed E-state index contributed by atoms with van der Waals surface area (Å²) in [4.78, 5) is 23.7. The normalized spacial score (nSPS) is 14.6. The van der Waals surface area contributed by atoms with E-state index >= 15 is 0 Å². The molecular formula is C23H27NO5. The molecule has 0 saturated carbocycles. The van der Waals surface area contributed by atoms with Gasteiger partial charge in [0.05, 0.1) is 12.0 Å². The van der Waals surface area contributed by atoms with Crippen molar-refractivity contribution >= 4 is 12.1 Å². The molecule has 1 amide bonds. The molecule has 0 bridgehead atoms. The number of carboxylic acids is 1. The highest BCUT2D eigenvalue weighted by Crippen LogP contribution is 2.44. The Kier molecular flexibility index (Phi) is 6.54. The fourth-order valence-electron chi connectivity index (χ4n) is 4.02. The lowest BCUT2D eigenvalue weighted by atomic mass is 9.92. The van der Waals surface area contributed by atoms with Crippen molar-refractivity contribution in [2.75, 3.05) is 20.3 Å². The van der Waals surface area contributed by atoms with Crippen LogP contribution < -0.4 is 5.32 Å². The van der Waals surface area contributed by atoms with Crippen LogP contribution in [0.5, 0.6) is 0 Å². The van der Waals surface area contributed by atoms with Gasteiger partial charge in [0.25, 0.3) is 0 Å². The van der Waals surface area contributed by atoms with Gasteiger partial charge in [-0.05, 0) is 42.0 Å². The van der Waals surface area contributed by atoms with Gasteiger partial charge in [-0.25, -0.2) is 4.79 Å². The molecule has 6 nitrogen and oxygen atoms in total. The Hall–Kier alpha value is -2.86. The van der Waals surface area contributed by atoms with E-state index in [-0.39, 0.29) is 18.9 Å². The Morgan fingerprint density at radius 3 is 2.21 bits per heavy atom. The van der Waals surface area contributed by atoms with Gasteiger partial charge in [0.2, 0.25) is 0 Å².